The van der Waals surface area contributed by atoms with Crippen molar-refractivity contribution in [2.45, 2.75) is 42.5 Å². The molecule has 0 radical (unpaired) electrons. The fourth-order valence-electron chi connectivity index (χ4n) is 3.63. The SMILES string of the molecule is Cc1noc(C)c1S(=O)(=O)N1CCC[C@H]1C(=O)Nc1nc2ccc(S(C)(=O)=O)cc2s1. The average Bonchev–Trinajstić information content (AvgIpc) is 3.38. The molecule has 13 heteroatoms. The minimum Gasteiger partial charge on any atom is -0.360 e. The smallest absolute Gasteiger partial charge is 0.249 e. The highest BCUT2D eigenvalue weighted by molar-refractivity contribution is 7.90. The zero-order valence-corrected chi connectivity index (χ0v) is 19.4. The van der Waals surface area contributed by atoms with Crippen molar-refractivity contribution in [2.75, 3.05) is 18.1 Å². The molecule has 10 nitrogen and oxygen atoms in total. The Kier molecular flexibility index (Phi) is 5.40. The van der Waals surface area contributed by atoms with E-state index >= 15 is 0 Å². The third-order valence-corrected chi connectivity index (χ3v) is 9.26. The van der Waals surface area contributed by atoms with Gasteiger partial charge in [-0.25, -0.2) is 21.8 Å². The number of thiazole rings is 1. The van der Waals surface area contributed by atoms with Crippen LogP contribution in [0, 0.1) is 13.8 Å². The van der Waals surface area contributed by atoms with Gasteiger partial charge in [-0.3, -0.25) is 4.79 Å². The number of nitrogens with one attached hydrogen (secondary N) is 1. The van der Waals surface area contributed by atoms with Gasteiger partial charge in [0.05, 0.1) is 15.1 Å². The summed E-state index contributed by atoms with van der Waals surface area (Å²) < 4.78 is 56.6. The standard InChI is InChI=1S/C18H20N4O6S3/c1-10-16(11(2)28-21-10)31(26,27)22-8-4-5-14(22)17(23)20-18-19-13-7-6-12(30(3,24)25)9-15(13)29-18/h6-7,9,14H,4-5,8H2,1-3H3,(H,19,20,23)/t14-/m0/s1. The van der Waals surface area contributed by atoms with Gasteiger partial charge in [-0.15, -0.1) is 0 Å². The number of carbonyl (C=O) groups is 1. The summed E-state index contributed by atoms with van der Waals surface area (Å²) in [5.41, 5.74) is 0.788. The van der Waals surface area contributed by atoms with Crippen molar-refractivity contribution in [3.63, 3.8) is 0 Å². The van der Waals surface area contributed by atoms with Gasteiger partial charge in [-0.2, -0.15) is 4.31 Å². The lowest BCUT2D eigenvalue weighted by atomic mass is 10.2. The topological polar surface area (TPSA) is 140 Å². The lowest BCUT2D eigenvalue weighted by Crippen LogP contribution is -2.43. The third kappa shape index (κ3) is 3.97. The van der Waals surface area contributed by atoms with Crippen molar-refractivity contribution >= 4 is 52.5 Å². The van der Waals surface area contributed by atoms with Crippen LogP contribution < -0.4 is 5.32 Å². The monoisotopic (exact) mass is 484 g/mol. The van der Waals surface area contributed by atoms with E-state index in [-0.39, 0.29) is 32.9 Å². The summed E-state index contributed by atoms with van der Waals surface area (Å²) in [6.07, 6.45) is 2.03. The molecular formula is C18H20N4O6S3. The summed E-state index contributed by atoms with van der Waals surface area (Å²) in [7, 11) is -7.33. The normalized spacial score (nSPS) is 18.0. The van der Waals surface area contributed by atoms with Gasteiger partial charge >= 0.3 is 0 Å². The first-order valence-corrected chi connectivity index (χ1v) is 13.5. The number of benzene rings is 1. The summed E-state index contributed by atoms with van der Waals surface area (Å²) in [6.45, 7) is 3.27. The summed E-state index contributed by atoms with van der Waals surface area (Å²) in [5, 5.41) is 6.66. The molecule has 0 bridgehead atoms. The van der Waals surface area contributed by atoms with Gasteiger partial charge in [0.15, 0.2) is 20.7 Å². The number of sulfonamides is 1. The van der Waals surface area contributed by atoms with E-state index in [2.05, 4.69) is 15.5 Å². The van der Waals surface area contributed by atoms with Gasteiger partial charge in [0.25, 0.3) is 0 Å². The molecule has 1 aliphatic heterocycles. The molecule has 2 aromatic heterocycles. The minimum absolute atomic E-state index is 0.0134. The third-order valence-electron chi connectivity index (χ3n) is 5.06. The molecule has 0 unspecified atom stereocenters. The number of carbonyl (C=O) groups excluding carboxylic acids is 1. The summed E-state index contributed by atoms with van der Waals surface area (Å²) in [4.78, 5) is 17.4. The summed E-state index contributed by atoms with van der Waals surface area (Å²) in [5.74, 6) is -0.313. The van der Waals surface area contributed by atoms with Crippen LogP contribution in [-0.4, -0.2) is 56.0 Å². The molecule has 166 valence electrons. The number of aryl methyl sites for hydroxylation is 2. The molecule has 1 saturated heterocycles. The van der Waals surface area contributed by atoms with Crippen LogP contribution in [-0.2, 0) is 24.7 Å². The molecule has 0 saturated carbocycles. The zero-order chi connectivity index (χ0) is 22.6. The minimum atomic E-state index is -3.96. The lowest BCUT2D eigenvalue weighted by molar-refractivity contribution is -0.119. The van der Waals surface area contributed by atoms with Crippen molar-refractivity contribution < 1.29 is 26.2 Å². The van der Waals surface area contributed by atoms with Crippen molar-refractivity contribution in [3.8, 4) is 0 Å². The number of sulfone groups is 1. The Bertz CT molecular complexity index is 1370. The Hall–Kier alpha value is -2.35. The quantitative estimate of drug-likeness (QED) is 0.581. The Morgan fingerprint density at radius 3 is 2.65 bits per heavy atom. The first-order valence-electron chi connectivity index (χ1n) is 9.35. The number of aromatic nitrogens is 2. The molecular weight excluding hydrogens is 464 g/mol. The number of amides is 1. The number of nitrogens with zero attached hydrogens (tertiary/aromatic N) is 3. The highest BCUT2D eigenvalue weighted by Crippen LogP contribution is 2.32. The zero-order valence-electron chi connectivity index (χ0n) is 16.9. The molecule has 1 aliphatic rings. The van der Waals surface area contributed by atoms with E-state index in [0.717, 1.165) is 17.6 Å². The van der Waals surface area contributed by atoms with Crippen LogP contribution in [0.25, 0.3) is 10.2 Å². The van der Waals surface area contributed by atoms with Gasteiger partial charge in [-0.05, 0) is 44.9 Å². The van der Waals surface area contributed by atoms with Gasteiger partial charge in [-0.1, -0.05) is 16.5 Å². The molecule has 0 aliphatic carbocycles. The maximum absolute atomic E-state index is 13.2. The highest BCUT2D eigenvalue weighted by atomic mass is 32.2. The maximum atomic E-state index is 13.2. The molecule has 1 aromatic carbocycles. The second kappa shape index (κ2) is 7.65. The second-order valence-electron chi connectivity index (χ2n) is 7.34. The molecule has 3 aromatic rings. The van der Waals surface area contributed by atoms with E-state index in [1.807, 2.05) is 0 Å². The van der Waals surface area contributed by atoms with Gasteiger partial charge in [0.1, 0.15) is 16.6 Å². The van der Waals surface area contributed by atoms with Gasteiger partial charge in [0.2, 0.25) is 15.9 Å². The Morgan fingerprint density at radius 1 is 1.26 bits per heavy atom. The fourth-order valence-corrected chi connectivity index (χ4v) is 7.21. The fraction of sp³-hybridized carbons (Fsp3) is 0.389. The molecule has 3 heterocycles. The number of hydrogen-bond donors (Lipinski definition) is 1. The van der Waals surface area contributed by atoms with Crippen LogP contribution in [0.1, 0.15) is 24.3 Å². The van der Waals surface area contributed by atoms with Crippen molar-refractivity contribution in [1.82, 2.24) is 14.4 Å². The van der Waals surface area contributed by atoms with Crippen molar-refractivity contribution in [3.05, 3.63) is 29.7 Å². The van der Waals surface area contributed by atoms with E-state index in [4.69, 9.17) is 4.52 Å². The van der Waals surface area contributed by atoms with E-state index in [1.165, 1.54) is 23.4 Å². The number of rotatable bonds is 5. The molecule has 31 heavy (non-hydrogen) atoms. The van der Waals surface area contributed by atoms with E-state index in [1.54, 1.807) is 13.0 Å². The molecule has 1 N–H and O–H groups in total. The number of anilines is 1. The van der Waals surface area contributed by atoms with Crippen LogP contribution in [0.5, 0.6) is 0 Å². The Balaban J connectivity index is 1.59. The number of fused-ring (bicyclic) bond motifs is 1. The van der Waals surface area contributed by atoms with Crippen LogP contribution >= 0.6 is 11.3 Å². The first kappa shape index (κ1) is 21.9. The van der Waals surface area contributed by atoms with Gasteiger partial charge in [0, 0.05) is 12.8 Å². The predicted octanol–water partition coefficient (Wildman–Crippen LogP) is 2.10. The highest BCUT2D eigenvalue weighted by Gasteiger charge is 2.42. The maximum Gasteiger partial charge on any atom is 0.249 e. The van der Waals surface area contributed by atoms with Crippen molar-refractivity contribution in [2.24, 2.45) is 0 Å². The predicted molar refractivity (Wildman–Crippen MR) is 114 cm³/mol. The second-order valence-corrected chi connectivity index (χ2v) is 12.2. The Morgan fingerprint density at radius 2 is 2.00 bits per heavy atom. The van der Waals surface area contributed by atoms with E-state index in [0.29, 0.717) is 23.1 Å². The van der Waals surface area contributed by atoms with Gasteiger partial charge < -0.3 is 9.84 Å². The molecule has 4 rings (SSSR count). The largest absolute Gasteiger partial charge is 0.360 e. The van der Waals surface area contributed by atoms with E-state index in [9.17, 15) is 21.6 Å². The number of hydrogen-bond acceptors (Lipinski definition) is 9. The molecule has 1 fully saturated rings. The van der Waals surface area contributed by atoms with Crippen LogP contribution in [0.3, 0.4) is 0 Å². The summed E-state index contributed by atoms with van der Waals surface area (Å²) >= 11 is 1.13. The van der Waals surface area contributed by atoms with Crippen LogP contribution in [0.2, 0.25) is 0 Å². The lowest BCUT2D eigenvalue weighted by Gasteiger charge is -2.22. The van der Waals surface area contributed by atoms with Crippen LogP contribution in [0.15, 0.2) is 32.5 Å². The average molecular weight is 485 g/mol. The molecule has 0 spiro atoms. The van der Waals surface area contributed by atoms with Crippen molar-refractivity contribution in [1.29, 1.82) is 0 Å². The molecule has 1 atom stereocenters. The first-order chi connectivity index (χ1) is 14.5. The molecule has 1 amide bonds. The summed E-state index contributed by atoms with van der Waals surface area (Å²) in [6, 6.07) is 3.64. The van der Waals surface area contributed by atoms with Crippen LogP contribution in [0.4, 0.5) is 5.13 Å². The van der Waals surface area contributed by atoms with E-state index < -0.39 is 31.8 Å². The Labute approximate surface area is 183 Å².